The van der Waals surface area contributed by atoms with Gasteiger partial charge in [0.2, 0.25) is 0 Å². The highest BCUT2D eigenvalue weighted by Crippen LogP contribution is 2.23. The smallest absolute Gasteiger partial charge is 0.250 e. The van der Waals surface area contributed by atoms with Gasteiger partial charge in [-0.25, -0.2) is 0 Å². The van der Waals surface area contributed by atoms with Gasteiger partial charge in [0.1, 0.15) is 0 Å². The van der Waals surface area contributed by atoms with Crippen LogP contribution in [0.4, 0.5) is 17.1 Å². The Balaban J connectivity index is 1.47. The van der Waals surface area contributed by atoms with E-state index < -0.39 is 5.91 Å². The molecule has 0 aliphatic carbocycles. The maximum atomic E-state index is 11.4. The van der Waals surface area contributed by atoms with Gasteiger partial charge < -0.3 is 21.7 Å². The van der Waals surface area contributed by atoms with Crippen molar-refractivity contribution in [2.24, 2.45) is 5.73 Å². The number of para-hydroxylation sites is 3. The van der Waals surface area contributed by atoms with Gasteiger partial charge in [-0.15, -0.1) is 0 Å². The van der Waals surface area contributed by atoms with Crippen molar-refractivity contribution < 1.29 is 4.79 Å². The number of hydrogen-bond donors (Lipinski definition) is 3. The van der Waals surface area contributed by atoms with E-state index in [1.165, 1.54) is 0 Å². The maximum absolute atomic E-state index is 11.4. The molecular formula is C19H25N5O. The Morgan fingerprint density at radius 3 is 2.40 bits per heavy atom. The molecule has 0 unspecified atom stereocenters. The number of carbonyl (C=O) groups excluding carboxylic acids is 1. The minimum absolute atomic E-state index is 0.405. The number of hydrogen-bond acceptors (Lipinski definition) is 5. The molecule has 1 saturated heterocycles. The van der Waals surface area contributed by atoms with Gasteiger partial charge in [0, 0.05) is 45.0 Å². The van der Waals surface area contributed by atoms with Crippen LogP contribution in [0.3, 0.4) is 0 Å². The lowest BCUT2D eigenvalue weighted by molar-refractivity contribution is 0.100. The van der Waals surface area contributed by atoms with E-state index in [-0.39, 0.29) is 0 Å². The van der Waals surface area contributed by atoms with Crippen molar-refractivity contribution in [3.63, 3.8) is 0 Å². The molecule has 0 spiro atoms. The highest BCUT2D eigenvalue weighted by Gasteiger charge is 2.18. The number of benzene rings is 2. The van der Waals surface area contributed by atoms with Crippen LogP contribution in [0, 0.1) is 0 Å². The molecule has 1 heterocycles. The summed E-state index contributed by atoms with van der Waals surface area (Å²) in [4.78, 5) is 16.2. The number of nitrogens with two attached hydrogens (primary N) is 2. The molecule has 1 fully saturated rings. The molecule has 132 valence electrons. The predicted molar refractivity (Wildman–Crippen MR) is 103 cm³/mol. The molecule has 0 aromatic heterocycles. The van der Waals surface area contributed by atoms with Crippen molar-refractivity contribution in [2.45, 2.75) is 0 Å². The summed E-state index contributed by atoms with van der Waals surface area (Å²) in [6.07, 6.45) is 0. The molecule has 5 N–H and O–H groups in total. The standard InChI is InChI=1S/C19H25N5O/c20-16-6-2-4-8-18(16)24-13-11-23(12-14-24)10-9-22-17-7-3-1-5-15(17)19(21)25/h1-8,22H,9-14,20H2,(H2,21,25). The molecule has 25 heavy (non-hydrogen) atoms. The second-order valence-corrected chi connectivity index (χ2v) is 6.22. The molecule has 0 radical (unpaired) electrons. The summed E-state index contributed by atoms with van der Waals surface area (Å²) in [5.41, 5.74) is 14.8. The predicted octanol–water partition coefficient (Wildman–Crippen LogP) is 1.60. The number of amides is 1. The number of nitrogens with zero attached hydrogens (tertiary/aromatic N) is 2. The zero-order chi connectivity index (χ0) is 17.6. The SMILES string of the molecule is NC(=O)c1ccccc1NCCN1CCN(c2ccccc2N)CC1. The summed E-state index contributed by atoms with van der Waals surface area (Å²) in [7, 11) is 0. The zero-order valence-electron chi connectivity index (χ0n) is 14.3. The second kappa shape index (κ2) is 7.90. The van der Waals surface area contributed by atoms with Crippen LogP contribution in [-0.2, 0) is 0 Å². The number of anilines is 3. The van der Waals surface area contributed by atoms with E-state index in [2.05, 4.69) is 21.2 Å². The Labute approximate surface area is 148 Å². The van der Waals surface area contributed by atoms with Crippen molar-refractivity contribution in [1.29, 1.82) is 0 Å². The summed E-state index contributed by atoms with van der Waals surface area (Å²) in [5.74, 6) is -0.405. The molecule has 6 heteroatoms. The number of nitrogen functional groups attached to an aromatic ring is 1. The Kier molecular flexibility index (Phi) is 5.40. The van der Waals surface area contributed by atoms with Gasteiger partial charge in [0.15, 0.2) is 0 Å². The summed E-state index contributed by atoms with van der Waals surface area (Å²) in [6, 6.07) is 15.4. The van der Waals surface area contributed by atoms with Crippen LogP contribution in [0.2, 0.25) is 0 Å². The first-order chi connectivity index (χ1) is 12.1. The number of rotatable bonds is 6. The van der Waals surface area contributed by atoms with E-state index >= 15 is 0 Å². The molecule has 2 aromatic carbocycles. The molecule has 0 saturated carbocycles. The first kappa shape index (κ1) is 17.1. The minimum Gasteiger partial charge on any atom is -0.397 e. The summed E-state index contributed by atoms with van der Waals surface area (Å²) in [5, 5.41) is 3.32. The van der Waals surface area contributed by atoms with Gasteiger partial charge in [0.25, 0.3) is 5.91 Å². The van der Waals surface area contributed by atoms with Crippen molar-refractivity contribution >= 4 is 23.0 Å². The molecule has 6 nitrogen and oxygen atoms in total. The largest absolute Gasteiger partial charge is 0.397 e. The third-order valence-corrected chi connectivity index (χ3v) is 4.59. The molecule has 2 aromatic rings. The van der Waals surface area contributed by atoms with Crippen LogP contribution in [0.1, 0.15) is 10.4 Å². The number of nitrogens with one attached hydrogen (secondary N) is 1. The summed E-state index contributed by atoms with van der Waals surface area (Å²) >= 11 is 0. The number of piperazine rings is 1. The quantitative estimate of drug-likeness (QED) is 0.696. The van der Waals surface area contributed by atoms with Crippen molar-refractivity contribution in [3.8, 4) is 0 Å². The first-order valence-corrected chi connectivity index (χ1v) is 8.59. The molecule has 1 aliphatic heterocycles. The van der Waals surface area contributed by atoms with Gasteiger partial charge in [-0.3, -0.25) is 9.69 Å². The fourth-order valence-corrected chi connectivity index (χ4v) is 3.19. The molecule has 3 rings (SSSR count). The van der Waals surface area contributed by atoms with Crippen molar-refractivity contribution in [3.05, 3.63) is 54.1 Å². The number of carbonyl (C=O) groups is 1. The fraction of sp³-hybridized carbons (Fsp3) is 0.316. The lowest BCUT2D eigenvalue weighted by Crippen LogP contribution is -2.47. The highest BCUT2D eigenvalue weighted by atomic mass is 16.1. The van der Waals surface area contributed by atoms with E-state index in [1.807, 2.05) is 36.4 Å². The number of primary amides is 1. The van der Waals surface area contributed by atoms with Gasteiger partial charge in [-0.1, -0.05) is 24.3 Å². The van der Waals surface area contributed by atoms with Gasteiger partial charge in [0.05, 0.1) is 16.9 Å². The third-order valence-electron chi connectivity index (χ3n) is 4.59. The van der Waals surface area contributed by atoms with Crippen LogP contribution in [0.15, 0.2) is 48.5 Å². The Bertz CT molecular complexity index is 725. The normalized spacial score (nSPS) is 15.1. The summed E-state index contributed by atoms with van der Waals surface area (Å²) < 4.78 is 0. The summed E-state index contributed by atoms with van der Waals surface area (Å²) in [6.45, 7) is 5.61. The maximum Gasteiger partial charge on any atom is 0.250 e. The van der Waals surface area contributed by atoms with Crippen molar-refractivity contribution in [1.82, 2.24) is 4.90 Å². The Morgan fingerprint density at radius 1 is 1.00 bits per heavy atom. The Morgan fingerprint density at radius 2 is 1.68 bits per heavy atom. The van der Waals surface area contributed by atoms with E-state index in [9.17, 15) is 4.79 Å². The van der Waals surface area contributed by atoms with E-state index in [4.69, 9.17) is 11.5 Å². The highest BCUT2D eigenvalue weighted by molar-refractivity contribution is 5.98. The molecule has 1 amide bonds. The lowest BCUT2D eigenvalue weighted by Gasteiger charge is -2.36. The van der Waals surface area contributed by atoms with E-state index in [0.29, 0.717) is 5.56 Å². The third kappa shape index (κ3) is 4.22. The van der Waals surface area contributed by atoms with E-state index in [0.717, 1.165) is 56.3 Å². The average Bonchev–Trinajstić information content (AvgIpc) is 2.63. The fourth-order valence-electron chi connectivity index (χ4n) is 3.19. The van der Waals surface area contributed by atoms with Crippen molar-refractivity contribution in [2.75, 3.05) is 55.2 Å². The topological polar surface area (TPSA) is 87.6 Å². The Hall–Kier alpha value is -2.73. The lowest BCUT2D eigenvalue weighted by atomic mass is 10.1. The van der Waals surface area contributed by atoms with Gasteiger partial charge >= 0.3 is 0 Å². The average molecular weight is 339 g/mol. The van der Waals surface area contributed by atoms with Gasteiger partial charge in [-0.2, -0.15) is 0 Å². The zero-order valence-corrected chi connectivity index (χ0v) is 14.3. The van der Waals surface area contributed by atoms with Crippen LogP contribution in [0.5, 0.6) is 0 Å². The molecule has 0 bridgehead atoms. The van der Waals surface area contributed by atoms with E-state index in [1.54, 1.807) is 6.07 Å². The van der Waals surface area contributed by atoms with Crippen LogP contribution in [-0.4, -0.2) is 50.1 Å². The minimum atomic E-state index is -0.405. The van der Waals surface area contributed by atoms with Crippen LogP contribution < -0.4 is 21.7 Å². The molecular weight excluding hydrogens is 314 g/mol. The van der Waals surface area contributed by atoms with Gasteiger partial charge in [-0.05, 0) is 24.3 Å². The van der Waals surface area contributed by atoms with Crippen LogP contribution in [0.25, 0.3) is 0 Å². The van der Waals surface area contributed by atoms with Crippen LogP contribution >= 0.6 is 0 Å². The monoisotopic (exact) mass is 339 g/mol. The molecule has 1 aliphatic rings. The second-order valence-electron chi connectivity index (χ2n) is 6.22. The molecule has 0 atom stereocenters. The first-order valence-electron chi connectivity index (χ1n) is 8.59.